The Morgan fingerprint density at radius 3 is 2.48 bits per heavy atom. The molecule has 3 aliphatic rings. The van der Waals surface area contributed by atoms with Crippen LogP contribution in [0.4, 0.5) is 0 Å². The predicted octanol–water partition coefficient (Wildman–Crippen LogP) is 4.19. The number of para-hydroxylation sites is 1. The fraction of sp³-hybridized carbons (Fsp3) is 0.417. The molecule has 29 heavy (non-hydrogen) atoms. The molecule has 3 aliphatic heterocycles. The fourth-order valence-corrected chi connectivity index (χ4v) is 4.79. The van der Waals surface area contributed by atoms with Gasteiger partial charge in [-0.2, -0.15) is 5.01 Å². The smallest absolute Gasteiger partial charge is 0.182 e. The van der Waals surface area contributed by atoms with Crippen molar-refractivity contribution in [2.75, 3.05) is 20.2 Å². The fourth-order valence-electron chi connectivity index (χ4n) is 4.79. The lowest BCUT2D eigenvalue weighted by Crippen LogP contribution is -2.64. The molecule has 0 unspecified atom stereocenters. The molecule has 5 heteroatoms. The van der Waals surface area contributed by atoms with E-state index in [0.717, 1.165) is 48.7 Å². The van der Waals surface area contributed by atoms with Gasteiger partial charge in [0.2, 0.25) is 0 Å². The van der Waals surface area contributed by atoms with E-state index in [1.54, 1.807) is 7.11 Å². The Morgan fingerprint density at radius 2 is 1.79 bits per heavy atom. The summed E-state index contributed by atoms with van der Waals surface area (Å²) in [6.07, 6.45) is 4.29. The van der Waals surface area contributed by atoms with Crippen molar-refractivity contribution in [1.82, 2.24) is 15.3 Å². The van der Waals surface area contributed by atoms with Gasteiger partial charge >= 0.3 is 0 Å². The number of hydrogen-bond acceptors (Lipinski definition) is 5. The maximum Gasteiger partial charge on any atom is 0.182 e. The summed E-state index contributed by atoms with van der Waals surface area (Å²) in [5.74, 6) is 1.89. The molecule has 0 amide bonds. The van der Waals surface area contributed by atoms with Crippen molar-refractivity contribution < 1.29 is 9.47 Å². The van der Waals surface area contributed by atoms with Gasteiger partial charge in [0.05, 0.1) is 18.8 Å². The standard InChI is InChI=1S/C24H29N3O2/c1-17(2)26-14-12-24(13-15-26)27-22(20-6-4-5-7-23(20)29-24)16-21(25-27)18-8-10-19(28-3)11-9-18/h4-11,16-17,22,25H,12-15H2,1-3H3/t22-/m0/s1. The van der Waals surface area contributed by atoms with Crippen LogP contribution in [0.2, 0.25) is 0 Å². The predicted molar refractivity (Wildman–Crippen MR) is 114 cm³/mol. The number of hydrazine groups is 1. The molecule has 1 N–H and O–H groups in total. The number of methoxy groups -OCH3 is 1. The van der Waals surface area contributed by atoms with E-state index >= 15 is 0 Å². The van der Waals surface area contributed by atoms with Gasteiger partial charge in [-0.3, -0.25) is 0 Å². The topological polar surface area (TPSA) is 37.0 Å². The second-order valence-corrected chi connectivity index (χ2v) is 8.45. The van der Waals surface area contributed by atoms with Crippen molar-refractivity contribution in [3.8, 4) is 11.5 Å². The van der Waals surface area contributed by atoms with Crippen LogP contribution in [-0.2, 0) is 0 Å². The first-order valence-electron chi connectivity index (χ1n) is 10.5. The SMILES string of the molecule is COc1ccc(C2=C[C@H]3c4ccccc4OC4(CCN(C(C)C)CC4)N3N2)cc1. The van der Waals surface area contributed by atoms with Crippen LogP contribution in [0.1, 0.15) is 43.9 Å². The third-order valence-corrected chi connectivity index (χ3v) is 6.53. The molecular weight excluding hydrogens is 362 g/mol. The van der Waals surface area contributed by atoms with Gasteiger partial charge in [0.25, 0.3) is 0 Å². The maximum atomic E-state index is 6.71. The second-order valence-electron chi connectivity index (χ2n) is 8.45. The molecule has 1 saturated heterocycles. The molecule has 152 valence electrons. The summed E-state index contributed by atoms with van der Waals surface area (Å²) in [4.78, 5) is 2.54. The molecule has 2 aromatic carbocycles. The van der Waals surface area contributed by atoms with Crippen LogP contribution in [0, 0.1) is 0 Å². The van der Waals surface area contributed by atoms with Gasteiger partial charge in [0.15, 0.2) is 5.72 Å². The van der Waals surface area contributed by atoms with Crippen LogP contribution in [-0.4, -0.2) is 41.9 Å². The van der Waals surface area contributed by atoms with Gasteiger partial charge in [-0.25, -0.2) is 0 Å². The summed E-state index contributed by atoms with van der Waals surface area (Å²) < 4.78 is 12.0. The first-order chi connectivity index (χ1) is 14.1. The van der Waals surface area contributed by atoms with Crippen LogP contribution < -0.4 is 14.9 Å². The summed E-state index contributed by atoms with van der Waals surface area (Å²) in [5.41, 5.74) is 6.89. The second kappa shape index (κ2) is 7.08. The van der Waals surface area contributed by atoms with Crippen LogP contribution in [0.25, 0.3) is 5.70 Å². The number of benzene rings is 2. The zero-order chi connectivity index (χ0) is 20.0. The Labute approximate surface area is 172 Å². The van der Waals surface area contributed by atoms with E-state index < -0.39 is 0 Å². The zero-order valence-electron chi connectivity index (χ0n) is 17.4. The van der Waals surface area contributed by atoms with Crippen molar-refractivity contribution in [3.63, 3.8) is 0 Å². The molecule has 0 radical (unpaired) electrons. The lowest BCUT2D eigenvalue weighted by atomic mass is 9.92. The molecule has 2 aromatic rings. The Kier molecular flexibility index (Phi) is 4.52. The van der Waals surface area contributed by atoms with Crippen molar-refractivity contribution in [3.05, 3.63) is 65.7 Å². The van der Waals surface area contributed by atoms with Gasteiger partial charge in [-0.1, -0.05) is 18.2 Å². The summed E-state index contributed by atoms with van der Waals surface area (Å²) in [6.45, 7) is 6.63. The summed E-state index contributed by atoms with van der Waals surface area (Å²) >= 11 is 0. The molecular formula is C24H29N3O2. The molecule has 0 aromatic heterocycles. The summed E-state index contributed by atoms with van der Waals surface area (Å²) in [6, 6.07) is 17.4. The van der Waals surface area contributed by atoms with E-state index in [-0.39, 0.29) is 11.8 Å². The van der Waals surface area contributed by atoms with E-state index in [1.807, 2.05) is 12.1 Å². The van der Waals surface area contributed by atoms with E-state index in [1.165, 1.54) is 5.56 Å². The number of rotatable bonds is 3. The number of ether oxygens (including phenoxy) is 2. The molecule has 5 rings (SSSR count). The minimum absolute atomic E-state index is 0.169. The first kappa shape index (κ1) is 18.5. The normalized spacial score (nSPS) is 23.2. The van der Waals surface area contributed by atoms with E-state index in [4.69, 9.17) is 9.47 Å². The zero-order valence-corrected chi connectivity index (χ0v) is 17.4. The Morgan fingerprint density at radius 1 is 1.07 bits per heavy atom. The van der Waals surface area contributed by atoms with E-state index in [0.29, 0.717) is 6.04 Å². The molecule has 0 aliphatic carbocycles. The van der Waals surface area contributed by atoms with Crippen molar-refractivity contribution in [2.45, 2.75) is 44.5 Å². The van der Waals surface area contributed by atoms with Crippen LogP contribution in [0.5, 0.6) is 11.5 Å². The minimum Gasteiger partial charge on any atom is -0.497 e. The third kappa shape index (κ3) is 3.09. The summed E-state index contributed by atoms with van der Waals surface area (Å²) in [5, 5.41) is 2.35. The third-order valence-electron chi connectivity index (χ3n) is 6.53. The van der Waals surface area contributed by atoms with Gasteiger partial charge in [0.1, 0.15) is 11.5 Å². The number of hydrogen-bond donors (Lipinski definition) is 1. The number of nitrogens with zero attached hydrogens (tertiary/aromatic N) is 2. The number of nitrogens with one attached hydrogen (secondary N) is 1. The van der Waals surface area contributed by atoms with Crippen LogP contribution in [0.3, 0.4) is 0 Å². The number of fused-ring (bicyclic) bond motifs is 4. The molecule has 0 bridgehead atoms. The van der Waals surface area contributed by atoms with E-state index in [9.17, 15) is 0 Å². The highest BCUT2D eigenvalue weighted by Gasteiger charge is 2.51. The van der Waals surface area contributed by atoms with Crippen molar-refractivity contribution in [2.24, 2.45) is 0 Å². The van der Waals surface area contributed by atoms with Crippen molar-refractivity contribution >= 4 is 5.70 Å². The Hall–Kier alpha value is -2.50. The van der Waals surface area contributed by atoms with Crippen molar-refractivity contribution in [1.29, 1.82) is 0 Å². The highest BCUT2D eigenvalue weighted by Crippen LogP contribution is 2.48. The molecule has 1 fully saturated rings. The average Bonchev–Trinajstić information content (AvgIpc) is 3.21. The lowest BCUT2D eigenvalue weighted by molar-refractivity contribution is -0.161. The minimum atomic E-state index is -0.324. The molecule has 1 spiro atoms. The Bertz CT molecular complexity index is 914. The molecule has 1 atom stereocenters. The monoisotopic (exact) mass is 391 g/mol. The van der Waals surface area contributed by atoms with Crippen LogP contribution in [0.15, 0.2) is 54.6 Å². The van der Waals surface area contributed by atoms with Gasteiger partial charge in [-0.05, 0) is 55.8 Å². The number of likely N-dealkylation sites (tertiary alicyclic amines) is 1. The van der Waals surface area contributed by atoms with Gasteiger partial charge in [-0.15, -0.1) is 0 Å². The highest BCUT2D eigenvalue weighted by molar-refractivity contribution is 5.68. The maximum absolute atomic E-state index is 6.71. The largest absolute Gasteiger partial charge is 0.497 e. The van der Waals surface area contributed by atoms with Crippen LogP contribution >= 0.6 is 0 Å². The summed E-state index contributed by atoms with van der Waals surface area (Å²) in [7, 11) is 1.70. The molecule has 3 heterocycles. The molecule has 0 saturated carbocycles. The van der Waals surface area contributed by atoms with E-state index in [2.05, 4.69) is 71.7 Å². The highest BCUT2D eigenvalue weighted by atomic mass is 16.5. The Balaban J connectivity index is 1.49. The lowest BCUT2D eigenvalue weighted by Gasteiger charge is -2.52. The first-order valence-corrected chi connectivity index (χ1v) is 10.5. The average molecular weight is 392 g/mol. The number of piperidine rings is 1. The molecule has 5 nitrogen and oxygen atoms in total. The van der Waals surface area contributed by atoms with Gasteiger partial charge in [0, 0.05) is 37.5 Å². The quantitative estimate of drug-likeness (QED) is 0.849. The van der Waals surface area contributed by atoms with Gasteiger partial charge < -0.3 is 19.8 Å².